The maximum absolute atomic E-state index is 5.76. The lowest BCUT2D eigenvalue weighted by molar-refractivity contribution is 0.373. The SMILES string of the molecule is CCN(Cc1cnco1)C(CCl)=NC. The average molecular weight is 216 g/mol. The van der Waals surface area contributed by atoms with Crippen LogP contribution >= 0.6 is 11.6 Å². The molecule has 0 aliphatic rings. The van der Waals surface area contributed by atoms with Crippen LogP contribution < -0.4 is 0 Å². The van der Waals surface area contributed by atoms with Gasteiger partial charge in [-0.15, -0.1) is 11.6 Å². The molecule has 78 valence electrons. The summed E-state index contributed by atoms with van der Waals surface area (Å²) in [4.78, 5) is 10.0. The van der Waals surface area contributed by atoms with E-state index in [0.29, 0.717) is 12.4 Å². The summed E-state index contributed by atoms with van der Waals surface area (Å²) in [6, 6.07) is 0. The molecule has 0 amide bonds. The van der Waals surface area contributed by atoms with Gasteiger partial charge in [0.15, 0.2) is 6.39 Å². The van der Waals surface area contributed by atoms with E-state index >= 15 is 0 Å². The van der Waals surface area contributed by atoms with Gasteiger partial charge in [0, 0.05) is 13.6 Å². The third kappa shape index (κ3) is 2.73. The second-order valence-corrected chi connectivity index (χ2v) is 3.02. The molecule has 1 aromatic rings. The fraction of sp³-hybridized carbons (Fsp3) is 0.556. The van der Waals surface area contributed by atoms with Gasteiger partial charge in [0.1, 0.15) is 11.6 Å². The number of rotatable bonds is 4. The highest BCUT2D eigenvalue weighted by molar-refractivity contribution is 6.28. The predicted octanol–water partition coefficient (Wildman–Crippen LogP) is 1.76. The van der Waals surface area contributed by atoms with Gasteiger partial charge in [-0.05, 0) is 6.92 Å². The van der Waals surface area contributed by atoms with Gasteiger partial charge < -0.3 is 9.32 Å². The van der Waals surface area contributed by atoms with E-state index in [4.69, 9.17) is 16.0 Å². The minimum atomic E-state index is 0.415. The topological polar surface area (TPSA) is 41.6 Å². The Morgan fingerprint density at radius 1 is 1.71 bits per heavy atom. The van der Waals surface area contributed by atoms with Crippen molar-refractivity contribution < 1.29 is 4.42 Å². The highest BCUT2D eigenvalue weighted by Crippen LogP contribution is 2.05. The van der Waals surface area contributed by atoms with Crippen molar-refractivity contribution >= 4 is 17.4 Å². The van der Waals surface area contributed by atoms with Gasteiger partial charge >= 0.3 is 0 Å². The molecule has 0 unspecified atom stereocenters. The first-order valence-corrected chi connectivity index (χ1v) is 4.99. The Kier molecular flexibility index (Phi) is 4.46. The smallest absolute Gasteiger partial charge is 0.180 e. The molecule has 0 spiro atoms. The number of aliphatic imine (C=N–C) groups is 1. The Morgan fingerprint density at radius 2 is 2.50 bits per heavy atom. The van der Waals surface area contributed by atoms with Crippen LogP contribution in [0.4, 0.5) is 0 Å². The summed E-state index contributed by atoms with van der Waals surface area (Å²) in [5.74, 6) is 2.10. The lowest BCUT2D eigenvalue weighted by Gasteiger charge is -2.21. The molecule has 0 radical (unpaired) electrons. The zero-order valence-corrected chi connectivity index (χ0v) is 9.16. The summed E-state index contributed by atoms with van der Waals surface area (Å²) >= 11 is 5.76. The van der Waals surface area contributed by atoms with Crippen molar-refractivity contribution in [3.05, 3.63) is 18.4 Å². The molecule has 0 saturated heterocycles. The number of alkyl halides is 1. The van der Waals surface area contributed by atoms with E-state index in [2.05, 4.69) is 9.98 Å². The highest BCUT2D eigenvalue weighted by atomic mass is 35.5. The first-order valence-electron chi connectivity index (χ1n) is 4.45. The summed E-state index contributed by atoms with van der Waals surface area (Å²) < 4.78 is 5.15. The van der Waals surface area contributed by atoms with Gasteiger partial charge in [-0.1, -0.05) is 0 Å². The van der Waals surface area contributed by atoms with E-state index < -0.39 is 0 Å². The van der Waals surface area contributed by atoms with Crippen molar-refractivity contribution in [1.82, 2.24) is 9.88 Å². The van der Waals surface area contributed by atoms with E-state index in [1.165, 1.54) is 6.39 Å². The van der Waals surface area contributed by atoms with Crippen LogP contribution in [0.15, 0.2) is 22.0 Å². The number of oxazole rings is 1. The Morgan fingerprint density at radius 3 is 2.93 bits per heavy atom. The summed E-state index contributed by atoms with van der Waals surface area (Å²) in [6.07, 6.45) is 3.12. The molecule has 0 bridgehead atoms. The summed E-state index contributed by atoms with van der Waals surface area (Å²) in [5, 5.41) is 0. The van der Waals surface area contributed by atoms with Gasteiger partial charge in [0.2, 0.25) is 0 Å². The van der Waals surface area contributed by atoms with E-state index in [1.54, 1.807) is 13.2 Å². The minimum Gasteiger partial charge on any atom is -0.447 e. The molecular formula is C9H14ClN3O. The zero-order valence-electron chi connectivity index (χ0n) is 8.40. The third-order valence-electron chi connectivity index (χ3n) is 1.95. The molecule has 0 aromatic carbocycles. The van der Waals surface area contributed by atoms with E-state index in [-0.39, 0.29) is 0 Å². The van der Waals surface area contributed by atoms with Gasteiger partial charge in [0.25, 0.3) is 0 Å². The molecule has 0 fully saturated rings. The third-order valence-corrected chi connectivity index (χ3v) is 2.19. The number of halogens is 1. The first-order chi connectivity index (χ1) is 6.81. The van der Waals surface area contributed by atoms with E-state index in [9.17, 15) is 0 Å². The van der Waals surface area contributed by atoms with Crippen molar-refractivity contribution in [3.63, 3.8) is 0 Å². The molecule has 0 atom stereocenters. The molecule has 0 aliphatic heterocycles. The van der Waals surface area contributed by atoms with Crippen molar-refractivity contribution in [2.75, 3.05) is 19.5 Å². The van der Waals surface area contributed by atoms with Crippen LogP contribution in [-0.2, 0) is 6.54 Å². The lowest BCUT2D eigenvalue weighted by Crippen LogP contribution is -2.31. The van der Waals surface area contributed by atoms with Gasteiger partial charge in [-0.2, -0.15) is 0 Å². The summed E-state index contributed by atoms with van der Waals surface area (Å²) in [7, 11) is 1.74. The average Bonchev–Trinajstić information content (AvgIpc) is 2.70. The fourth-order valence-corrected chi connectivity index (χ4v) is 1.47. The van der Waals surface area contributed by atoms with Crippen LogP contribution in [-0.4, -0.2) is 35.2 Å². The van der Waals surface area contributed by atoms with Crippen LogP contribution in [0.3, 0.4) is 0 Å². The molecule has 14 heavy (non-hydrogen) atoms. The van der Waals surface area contributed by atoms with Crippen LogP contribution in [0.5, 0.6) is 0 Å². The Hall–Kier alpha value is -1.03. The molecule has 1 aromatic heterocycles. The van der Waals surface area contributed by atoms with Crippen LogP contribution in [0.1, 0.15) is 12.7 Å². The van der Waals surface area contributed by atoms with Gasteiger partial charge in [-0.3, -0.25) is 4.99 Å². The first kappa shape index (κ1) is 11.0. The lowest BCUT2D eigenvalue weighted by atomic mass is 10.4. The fourth-order valence-electron chi connectivity index (χ4n) is 1.18. The molecule has 0 saturated carbocycles. The molecule has 0 aliphatic carbocycles. The minimum absolute atomic E-state index is 0.415. The van der Waals surface area contributed by atoms with Crippen molar-refractivity contribution in [2.45, 2.75) is 13.5 Å². The molecule has 0 N–H and O–H groups in total. The summed E-state index contributed by atoms with van der Waals surface area (Å²) in [5.41, 5.74) is 0. The monoisotopic (exact) mass is 215 g/mol. The van der Waals surface area contributed by atoms with Crippen molar-refractivity contribution in [2.24, 2.45) is 4.99 Å². The largest absolute Gasteiger partial charge is 0.447 e. The van der Waals surface area contributed by atoms with Crippen molar-refractivity contribution in [3.8, 4) is 0 Å². The van der Waals surface area contributed by atoms with Crippen molar-refractivity contribution in [1.29, 1.82) is 0 Å². The van der Waals surface area contributed by atoms with Gasteiger partial charge in [-0.25, -0.2) is 4.98 Å². The van der Waals surface area contributed by atoms with Crippen LogP contribution in [0.25, 0.3) is 0 Å². The second kappa shape index (κ2) is 5.65. The molecule has 4 nitrogen and oxygen atoms in total. The quantitative estimate of drug-likeness (QED) is 0.437. The highest BCUT2D eigenvalue weighted by Gasteiger charge is 2.09. The van der Waals surface area contributed by atoms with E-state index in [0.717, 1.165) is 18.1 Å². The number of aromatic nitrogens is 1. The second-order valence-electron chi connectivity index (χ2n) is 2.76. The molecule has 1 rings (SSSR count). The van der Waals surface area contributed by atoms with Crippen LogP contribution in [0.2, 0.25) is 0 Å². The molecule has 5 heteroatoms. The zero-order chi connectivity index (χ0) is 10.4. The normalized spacial score (nSPS) is 11.8. The maximum atomic E-state index is 5.76. The predicted molar refractivity (Wildman–Crippen MR) is 56.7 cm³/mol. The molecular weight excluding hydrogens is 202 g/mol. The van der Waals surface area contributed by atoms with E-state index in [1.807, 2.05) is 11.8 Å². The summed E-state index contributed by atoms with van der Waals surface area (Å²) in [6.45, 7) is 3.56. The number of hydrogen-bond donors (Lipinski definition) is 0. The number of amidine groups is 1. The Balaban J connectivity index is 2.63. The number of hydrogen-bond acceptors (Lipinski definition) is 3. The Bertz CT molecular complexity index is 284. The maximum Gasteiger partial charge on any atom is 0.180 e. The number of nitrogens with zero attached hydrogens (tertiary/aromatic N) is 3. The van der Waals surface area contributed by atoms with Crippen LogP contribution in [0, 0.1) is 0 Å². The standard InChI is InChI=1S/C9H14ClN3O/c1-3-13(9(4-10)11-2)6-8-5-12-7-14-8/h5,7H,3-4,6H2,1-2H3. The molecule has 1 heterocycles. The Labute approximate surface area is 88.6 Å². The van der Waals surface area contributed by atoms with Gasteiger partial charge in [0.05, 0.1) is 18.6 Å².